The highest BCUT2D eigenvalue weighted by atomic mass is 16.2. The number of likely N-dealkylation sites (tertiary alicyclic amines) is 2. The standard InChI is InChI=1S/C14H21N5O/c20-14(17-13-3-5-15-11-16-13)19-8-4-12(10-19)9-18-6-1-2-7-18/h3,5,11-12H,1-2,4,6-10H2,(H,15,16,17,20)/t12-/m1/s1. The van der Waals surface area contributed by atoms with E-state index in [0.717, 1.165) is 26.1 Å². The van der Waals surface area contributed by atoms with Crippen LogP contribution in [0.2, 0.25) is 0 Å². The highest BCUT2D eigenvalue weighted by molar-refractivity contribution is 5.88. The number of nitrogens with zero attached hydrogens (tertiary/aromatic N) is 4. The van der Waals surface area contributed by atoms with Crippen molar-refractivity contribution < 1.29 is 4.79 Å². The Hall–Kier alpha value is -1.69. The molecule has 3 heterocycles. The molecule has 1 aromatic rings. The molecule has 0 saturated carbocycles. The topological polar surface area (TPSA) is 61.4 Å². The van der Waals surface area contributed by atoms with Gasteiger partial charge in [0.2, 0.25) is 0 Å². The van der Waals surface area contributed by atoms with Crippen molar-refractivity contribution in [1.29, 1.82) is 0 Å². The van der Waals surface area contributed by atoms with Crippen LogP contribution in [-0.2, 0) is 0 Å². The summed E-state index contributed by atoms with van der Waals surface area (Å²) in [4.78, 5) is 24.4. The lowest BCUT2D eigenvalue weighted by Crippen LogP contribution is -2.35. The first kappa shape index (κ1) is 13.3. The van der Waals surface area contributed by atoms with Gasteiger partial charge < -0.3 is 9.80 Å². The molecule has 0 aliphatic carbocycles. The van der Waals surface area contributed by atoms with E-state index in [1.54, 1.807) is 12.3 Å². The van der Waals surface area contributed by atoms with E-state index in [-0.39, 0.29) is 6.03 Å². The Balaban J connectivity index is 1.47. The van der Waals surface area contributed by atoms with Crippen LogP contribution in [0.5, 0.6) is 0 Å². The van der Waals surface area contributed by atoms with Crippen molar-refractivity contribution in [3.05, 3.63) is 18.6 Å². The Kier molecular flexibility index (Phi) is 4.11. The van der Waals surface area contributed by atoms with Gasteiger partial charge in [-0.2, -0.15) is 0 Å². The molecule has 2 aliphatic heterocycles. The number of rotatable bonds is 3. The largest absolute Gasteiger partial charge is 0.324 e. The number of amides is 2. The number of carbonyl (C=O) groups is 1. The van der Waals surface area contributed by atoms with Crippen molar-refractivity contribution in [2.24, 2.45) is 5.92 Å². The Bertz CT molecular complexity index is 446. The van der Waals surface area contributed by atoms with Gasteiger partial charge in [-0.25, -0.2) is 14.8 Å². The van der Waals surface area contributed by atoms with Gasteiger partial charge in [-0.3, -0.25) is 5.32 Å². The first-order valence-corrected chi connectivity index (χ1v) is 7.35. The number of aromatic nitrogens is 2. The molecule has 1 atom stereocenters. The highest BCUT2D eigenvalue weighted by Gasteiger charge is 2.28. The molecule has 0 unspecified atom stereocenters. The van der Waals surface area contributed by atoms with Gasteiger partial charge in [0, 0.05) is 25.8 Å². The molecule has 2 aliphatic rings. The molecule has 1 N–H and O–H groups in total. The third kappa shape index (κ3) is 3.25. The van der Waals surface area contributed by atoms with Crippen molar-refractivity contribution in [1.82, 2.24) is 19.8 Å². The van der Waals surface area contributed by atoms with E-state index in [4.69, 9.17) is 0 Å². The van der Waals surface area contributed by atoms with Crippen molar-refractivity contribution in [3.63, 3.8) is 0 Å². The minimum absolute atomic E-state index is 0.0485. The molecule has 108 valence electrons. The zero-order valence-electron chi connectivity index (χ0n) is 11.7. The second-order valence-electron chi connectivity index (χ2n) is 5.63. The minimum Gasteiger partial charge on any atom is -0.324 e. The van der Waals surface area contributed by atoms with E-state index >= 15 is 0 Å². The van der Waals surface area contributed by atoms with E-state index in [9.17, 15) is 4.79 Å². The summed E-state index contributed by atoms with van der Waals surface area (Å²) in [6, 6.07) is 1.66. The van der Waals surface area contributed by atoms with Crippen LogP contribution in [0, 0.1) is 5.92 Å². The summed E-state index contributed by atoms with van der Waals surface area (Å²) in [5.74, 6) is 1.18. The van der Waals surface area contributed by atoms with Gasteiger partial charge in [0.15, 0.2) is 0 Å². The lowest BCUT2D eigenvalue weighted by Gasteiger charge is -2.20. The van der Waals surface area contributed by atoms with E-state index in [0.29, 0.717) is 11.7 Å². The van der Waals surface area contributed by atoms with Gasteiger partial charge >= 0.3 is 6.03 Å². The van der Waals surface area contributed by atoms with Gasteiger partial charge in [-0.1, -0.05) is 0 Å². The molecule has 2 fully saturated rings. The zero-order chi connectivity index (χ0) is 13.8. The van der Waals surface area contributed by atoms with Crippen LogP contribution >= 0.6 is 0 Å². The summed E-state index contributed by atoms with van der Waals surface area (Å²) in [6.45, 7) is 5.29. The van der Waals surface area contributed by atoms with E-state index in [1.165, 1.54) is 32.3 Å². The third-order valence-corrected chi connectivity index (χ3v) is 4.11. The summed E-state index contributed by atoms with van der Waals surface area (Å²) < 4.78 is 0. The molecular formula is C14H21N5O. The number of hydrogen-bond acceptors (Lipinski definition) is 4. The van der Waals surface area contributed by atoms with Crippen LogP contribution in [-0.4, -0.2) is 58.5 Å². The summed E-state index contributed by atoms with van der Waals surface area (Å²) in [5.41, 5.74) is 0. The van der Waals surface area contributed by atoms with Crippen LogP contribution in [0.25, 0.3) is 0 Å². The van der Waals surface area contributed by atoms with Gasteiger partial charge in [0.1, 0.15) is 12.1 Å². The zero-order valence-corrected chi connectivity index (χ0v) is 11.7. The first-order chi connectivity index (χ1) is 9.81. The third-order valence-electron chi connectivity index (χ3n) is 4.11. The molecule has 0 bridgehead atoms. The Labute approximate surface area is 119 Å². The van der Waals surface area contributed by atoms with E-state index in [1.807, 2.05) is 4.90 Å². The normalized spacial score (nSPS) is 23.2. The number of hydrogen-bond donors (Lipinski definition) is 1. The van der Waals surface area contributed by atoms with Gasteiger partial charge in [-0.15, -0.1) is 0 Å². The maximum Gasteiger partial charge on any atom is 0.323 e. The Morgan fingerprint density at radius 3 is 2.95 bits per heavy atom. The second kappa shape index (κ2) is 6.17. The summed E-state index contributed by atoms with van der Waals surface area (Å²) >= 11 is 0. The maximum atomic E-state index is 12.1. The average molecular weight is 275 g/mol. The van der Waals surface area contributed by atoms with Crippen LogP contribution in [0.3, 0.4) is 0 Å². The Morgan fingerprint density at radius 2 is 2.20 bits per heavy atom. The molecule has 20 heavy (non-hydrogen) atoms. The highest BCUT2D eigenvalue weighted by Crippen LogP contribution is 2.20. The quantitative estimate of drug-likeness (QED) is 0.906. The molecular weight excluding hydrogens is 254 g/mol. The fourth-order valence-electron chi connectivity index (χ4n) is 3.05. The Morgan fingerprint density at radius 1 is 1.35 bits per heavy atom. The van der Waals surface area contributed by atoms with Crippen LogP contribution in [0.1, 0.15) is 19.3 Å². The molecule has 1 aromatic heterocycles. The molecule has 6 heteroatoms. The lowest BCUT2D eigenvalue weighted by molar-refractivity contribution is 0.217. The second-order valence-corrected chi connectivity index (χ2v) is 5.63. The number of urea groups is 1. The summed E-state index contributed by atoms with van der Waals surface area (Å²) in [5, 5.41) is 2.82. The van der Waals surface area contributed by atoms with E-state index < -0.39 is 0 Å². The van der Waals surface area contributed by atoms with Gasteiger partial charge in [0.25, 0.3) is 0 Å². The SMILES string of the molecule is O=C(Nc1ccncn1)N1CC[C@H](CN2CCCC2)C1. The van der Waals surface area contributed by atoms with E-state index in [2.05, 4.69) is 20.2 Å². The molecule has 0 spiro atoms. The predicted molar refractivity (Wildman–Crippen MR) is 76.4 cm³/mol. The van der Waals surface area contributed by atoms with Crippen molar-refractivity contribution in [3.8, 4) is 0 Å². The number of carbonyl (C=O) groups excluding carboxylic acids is 1. The van der Waals surface area contributed by atoms with Crippen LogP contribution in [0.4, 0.5) is 10.6 Å². The van der Waals surface area contributed by atoms with Crippen LogP contribution < -0.4 is 5.32 Å². The monoisotopic (exact) mass is 275 g/mol. The van der Waals surface area contributed by atoms with Gasteiger partial charge in [0.05, 0.1) is 0 Å². The maximum absolute atomic E-state index is 12.1. The van der Waals surface area contributed by atoms with Crippen molar-refractivity contribution >= 4 is 11.8 Å². The number of nitrogens with one attached hydrogen (secondary N) is 1. The molecule has 2 amide bonds. The predicted octanol–water partition coefficient (Wildman–Crippen LogP) is 1.43. The van der Waals surface area contributed by atoms with Crippen LogP contribution in [0.15, 0.2) is 18.6 Å². The molecule has 3 rings (SSSR count). The average Bonchev–Trinajstić information content (AvgIpc) is 3.12. The summed E-state index contributed by atoms with van der Waals surface area (Å²) in [7, 11) is 0. The lowest BCUT2D eigenvalue weighted by atomic mass is 10.1. The first-order valence-electron chi connectivity index (χ1n) is 7.35. The summed E-state index contributed by atoms with van der Waals surface area (Å²) in [6.07, 6.45) is 6.82. The molecule has 0 radical (unpaired) electrons. The minimum atomic E-state index is -0.0485. The molecule has 6 nitrogen and oxygen atoms in total. The van der Waals surface area contributed by atoms with Gasteiger partial charge in [-0.05, 0) is 44.3 Å². The fraction of sp³-hybridized carbons (Fsp3) is 0.643. The number of anilines is 1. The van der Waals surface area contributed by atoms with Crippen molar-refractivity contribution in [2.45, 2.75) is 19.3 Å². The molecule has 0 aromatic carbocycles. The molecule has 2 saturated heterocycles. The van der Waals surface area contributed by atoms with Crippen molar-refractivity contribution in [2.75, 3.05) is 38.0 Å². The smallest absolute Gasteiger partial charge is 0.323 e. The fourth-order valence-corrected chi connectivity index (χ4v) is 3.05.